The highest BCUT2D eigenvalue weighted by molar-refractivity contribution is 6.11. The fraction of sp³-hybridized carbons (Fsp3) is 0.174. The van der Waals surface area contributed by atoms with Crippen LogP contribution in [0.4, 0.5) is 0 Å². The zero-order chi connectivity index (χ0) is 21.0. The summed E-state index contributed by atoms with van der Waals surface area (Å²) in [6.07, 6.45) is 1.88. The molecule has 3 rings (SSSR count). The molecule has 2 aromatic carbocycles. The number of fused-ring (bicyclic) bond motifs is 1. The first-order valence-electron chi connectivity index (χ1n) is 9.09. The van der Waals surface area contributed by atoms with Gasteiger partial charge in [0.15, 0.2) is 6.10 Å². The Hall–Kier alpha value is -3.67. The van der Waals surface area contributed by atoms with Gasteiger partial charge in [0.05, 0.1) is 12.7 Å². The second-order valence-corrected chi connectivity index (χ2v) is 6.56. The lowest BCUT2D eigenvalue weighted by atomic mass is 10.0. The number of hydrogen-bond donors (Lipinski definition) is 1. The maximum Gasteiger partial charge on any atom is 0.337 e. The zero-order valence-corrected chi connectivity index (χ0v) is 16.4. The van der Waals surface area contributed by atoms with Crippen molar-refractivity contribution in [1.82, 2.24) is 4.98 Å². The molecule has 0 amide bonds. The van der Waals surface area contributed by atoms with Crippen LogP contribution in [0.1, 0.15) is 38.9 Å². The van der Waals surface area contributed by atoms with Crippen LogP contribution in [-0.2, 0) is 14.3 Å². The summed E-state index contributed by atoms with van der Waals surface area (Å²) in [5, 5.41) is 0.805. The van der Waals surface area contributed by atoms with Crippen molar-refractivity contribution >= 4 is 34.7 Å². The summed E-state index contributed by atoms with van der Waals surface area (Å²) < 4.78 is 9.92. The Morgan fingerprint density at radius 2 is 1.72 bits per heavy atom. The number of rotatable bonds is 6. The number of methoxy groups -OCH3 is 1. The van der Waals surface area contributed by atoms with Crippen molar-refractivity contribution in [3.8, 4) is 0 Å². The van der Waals surface area contributed by atoms with Crippen molar-refractivity contribution < 1.29 is 23.9 Å². The number of hydrogen-bond acceptors (Lipinski definition) is 5. The van der Waals surface area contributed by atoms with Gasteiger partial charge in [-0.3, -0.25) is 4.79 Å². The van der Waals surface area contributed by atoms with Crippen LogP contribution in [0.25, 0.3) is 17.0 Å². The number of ether oxygens (including phenoxy) is 2. The molecule has 0 radical (unpaired) electrons. The molecule has 1 aromatic heterocycles. The van der Waals surface area contributed by atoms with Crippen molar-refractivity contribution in [3.63, 3.8) is 0 Å². The van der Waals surface area contributed by atoms with Gasteiger partial charge in [-0.1, -0.05) is 30.3 Å². The Morgan fingerprint density at radius 3 is 2.41 bits per heavy atom. The Bertz CT molecular complexity index is 1090. The SMILES string of the molecule is COC(=O)c1ccc(/C=C/C(=O)O[C@@H](C)C(=O)c2c(C)[nH]c3ccccc23)cc1. The standard InChI is InChI=1S/C23H21NO5/c1-14-21(18-6-4-5-7-19(18)24-14)22(26)15(2)29-20(25)13-10-16-8-11-17(12-9-16)23(27)28-3/h4-13,15,24H,1-3H3/b13-10+/t15-/m0/s1. The van der Waals surface area contributed by atoms with E-state index < -0.39 is 18.0 Å². The number of Topliss-reactive ketones (excluding diaryl/α,β-unsaturated/α-hetero) is 1. The van der Waals surface area contributed by atoms with Crippen molar-refractivity contribution in [2.75, 3.05) is 7.11 Å². The molecule has 1 atom stereocenters. The molecule has 6 heteroatoms. The number of esters is 2. The highest BCUT2D eigenvalue weighted by Gasteiger charge is 2.23. The third-order valence-electron chi connectivity index (χ3n) is 4.55. The Kier molecular flexibility index (Phi) is 5.93. The average molecular weight is 391 g/mol. The molecule has 0 unspecified atom stereocenters. The van der Waals surface area contributed by atoms with E-state index in [1.807, 2.05) is 31.2 Å². The molecular weight excluding hydrogens is 370 g/mol. The molecule has 0 fully saturated rings. The molecule has 1 N–H and O–H groups in total. The number of H-pyrrole nitrogens is 1. The monoisotopic (exact) mass is 391 g/mol. The normalized spacial score (nSPS) is 12.1. The van der Waals surface area contributed by atoms with Gasteiger partial charge in [-0.2, -0.15) is 0 Å². The summed E-state index contributed by atoms with van der Waals surface area (Å²) in [7, 11) is 1.31. The van der Waals surface area contributed by atoms with Crippen LogP contribution >= 0.6 is 0 Å². The summed E-state index contributed by atoms with van der Waals surface area (Å²) in [6.45, 7) is 3.38. The van der Waals surface area contributed by atoms with Crippen molar-refractivity contribution in [1.29, 1.82) is 0 Å². The van der Waals surface area contributed by atoms with E-state index in [2.05, 4.69) is 9.72 Å². The van der Waals surface area contributed by atoms with E-state index in [1.54, 1.807) is 37.3 Å². The minimum Gasteiger partial charge on any atom is -0.465 e. The first kappa shape index (κ1) is 20.1. The van der Waals surface area contributed by atoms with E-state index in [-0.39, 0.29) is 5.78 Å². The lowest BCUT2D eigenvalue weighted by Gasteiger charge is -2.11. The highest BCUT2D eigenvalue weighted by atomic mass is 16.5. The minimum absolute atomic E-state index is 0.260. The molecule has 0 saturated heterocycles. The third kappa shape index (κ3) is 4.43. The summed E-state index contributed by atoms with van der Waals surface area (Å²) in [4.78, 5) is 39.5. The topological polar surface area (TPSA) is 85.5 Å². The van der Waals surface area contributed by atoms with E-state index in [9.17, 15) is 14.4 Å². The lowest BCUT2D eigenvalue weighted by molar-refractivity contribution is -0.140. The third-order valence-corrected chi connectivity index (χ3v) is 4.55. The average Bonchev–Trinajstić information content (AvgIpc) is 3.07. The zero-order valence-electron chi connectivity index (χ0n) is 16.4. The fourth-order valence-corrected chi connectivity index (χ4v) is 3.08. The molecular formula is C23H21NO5. The first-order chi connectivity index (χ1) is 13.9. The maximum atomic E-state index is 12.8. The molecule has 6 nitrogen and oxygen atoms in total. The van der Waals surface area contributed by atoms with Gasteiger partial charge in [-0.25, -0.2) is 9.59 Å². The number of aromatic nitrogens is 1. The van der Waals surface area contributed by atoms with E-state index in [0.29, 0.717) is 16.7 Å². The molecule has 1 heterocycles. The second kappa shape index (κ2) is 8.56. The number of carbonyl (C=O) groups is 3. The number of benzene rings is 2. The second-order valence-electron chi connectivity index (χ2n) is 6.56. The van der Waals surface area contributed by atoms with Crippen LogP contribution in [0.3, 0.4) is 0 Å². The van der Waals surface area contributed by atoms with Crippen LogP contribution < -0.4 is 0 Å². The van der Waals surface area contributed by atoms with Gasteiger partial charge in [0.25, 0.3) is 0 Å². The van der Waals surface area contributed by atoms with E-state index in [4.69, 9.17) is 4.74 Å². The molecule has 0 aliphatic heterocycles. The van der Waals surface area contributed by atoms with Gasteiger partial charge < -0.3 is 14.5 Å². The maximum absolute atomic E-state index is 12.8. The molecule has 148 valence electrons. The summed E-state index contributed by atoms with van der Waals surface area (Å²) in [5.74, 6) is -1.32. The number of para-hydroxylation sites is 1. The quantitative estimate of drug-likeness (QED) is 0.389. The molecule has 0 bridgehead atoms. The van der Waals surface area contributed by atoms with E-state index >= 15 is 0 Å². The summed E-state index contributed by atoms with van der Waals surface area (Å²) in [5.41, 5.74) is 3.26. The van der Waals surface area contributed by atoms with E-state index in [0.717, 1.165) is 16.6 Å². The van der Waals surface area contributed by atoms with Crippen LogP contribution in [0, 0.1) is 6.92 Å². The largest absolute Gasteiger partial charge is 0.465 e. The predicted molar refractivity (Wildman–Crippen MR) is 110 cm³/mol. The summed E-state index contributed by atoms with van der Waals surface area (Å²) in [6, 6.07) is 14.1. The van der Waals surface area contributed by atoms with E-state index in [1.165, 1.54) is 13.2 Å². The molecule has 0 spiro atoms. The molecule has 0 saturated carbocycles. The smallest absolute Gasteiger partial charge is 0.337 e. The van der Waals surface area contributed by atoms with Gasteiger partial charge in [-0.15, -0.1) is 0 Å². The van der Waals surface area contributed by atoms with Gasteiger partial charge in [-0.05, 0) is 43.7 Å². The van der Waals surface area contributed by atoms with Gasteiger partial charge in [0.2, 0.25) is 5.78 Å². The Balaban J connectivity index is 1.67. The number of carbonyl (C=O) groups excluding carboxylic acids is 3. The lowest BCUT2D eigenvalue weighted by Crippen LogP contribution is -2.24. The summed E-state index contributed by atoms with van der Waals surface area (Å²) >= 11 is 0. The van der Waals surface area contributed by atoms with Gasteiger partial charge >= 0.3 is 11.9 Å². The van der Waals surface area contributed by atoms with Crippen LogP contribution in [-0.4, -0.2) is 35.9 Å². The van der Waals surface area contributed by atoms with Gasteiger partial charge in [0, 0.05) is 28.2 Å². The number of aromatic amines is 1. The van der Waals surface area contributed by atoms with Crippen molar-refractivity contribution in [2.24, 2.45) is 0 Å². The molecule has 0 aliphatic rings. The molecule has 0 aliphatic carbocycles. The predicted octanol–water partition coefficient (Wildman–Crippen LogP) is 4.09. The van der Waals surface area contributed by atoms with Crippen molar-refractivity contribution in [2.45, 2.75) is 20.0 Å². The molecule has 29 heavy (non-hydrogen) atoms. The highest BCUT2D eigenvalue weighted by Crippen LogP contribution is 2.23. The molecule has 3 aromatic rings. The Labute approximate surface area is 168 Å². The number of nitrogens with one attached hydrogen (secondary N) is 1. The minimum atomic E-state index is -0.924. The fourth-order valence-electron chi connectivity index (χ4n) is 3.08. The number of ketones is 1. The van der Waals surface area contributed by atoms with Crippen LogP contribution in [0.15, 0.2) is 54.6 Å². The van der Waals surface area contributed by atoms with Crippen molar-refractivity contribution in [3.05, 3.63) is 77.0 Å². The van der Waals surface area contributed by atoms with Crippen LogP contribution in [0.2, 0.25) is 0 Å². The Morgan fingerprint density at radius 1 is 1.03 bits per heavy atom. The number of aryl methyl sites for hydroxylation is 1. The van der Waals surface area contributed by atoms with Gasteiger partial charge in [0.1, 0.15) is 0 Å². The first-order valence-corrected chi connectivity index (χ1v) is 9.09. The van der Waals surface area contributed by atoms with Crippen LogP contribution in [0.5, 0.6) is 0 Å².